The third kappa shape index (κ3) is 6.12. The first kappa shape index (κ1) is 9.99. The second-order valence-electron chi connectivity index (χ2n) is 2.57. The van der Waals surface area contributed by atoms with Crippen LogP contribution in [0.1, 0.15) is 13.8 Å². The zero-order chi connectivity index (χ0) is 7.98. The lowest BCUT2D eigenvalue weighted by Crippen LogP contribution is -2.24. The maximum atomic E-state index is 5.79. The lowest BCUT2D eigenvalue weighted by molar-refractivity contribution is 0.373. The van der Waals surface area contributed by atoms with E-state index in [1.54, 1.807) is 0 Å². The lowest BCUT2D eigenvalue weighted by atomic mass is 10.4. The molecule has 0 N–H and O–H groups in total. The van der Waals surface area contributed by atoms with Crippen LogP contribution in [0.15, 0.2) is 12.2 Å². The van der Waals surface area contributed by atoms with Gasteiger partial charge in [-0.3, -0.25) is 0 Å². The van der Waals surface area contributed by atoms with Crippen molar-refractivity contribution >= 4 is 11.6 Å². The molecule has 0 aliphatic heterocycles. The standard InChI is InChI=1S/C8H16ClN/c1-4-5-6-10(3)7-8(2)9/h4-5,8H,6-7H2,1-3H3/b5-4+. The number of nitrogens with zero attached hydrogens (tertiary/aromatic N) is 1. The molecule has 0 bridgehead atoms. The Kier molecular flexibility index (Phi) is 5.74. The lowest BCUT2D eigenvalue weighted by Gasteiger charge is -2.14. The van der Waals surface area contributed by atoms with Crippen molar-refractivity contribution in [2.45, 2.75) is 19.2 Å². The van der Waals surface area contributed by atoms with Crippen LogP contribution in [0.4, 0.5) is 0 Å². The fourth-order valence-electron chi connectivity index (χ4n) is 0.789. The minimum Gasteiger partial charge on any atom is -0.301 e. The van der Waals surface area contributed by atoms with E-state index in [4.69, 9.17) is 11.6 Å². The van der Waals surface area contributed by atoms with E-state index in [0.717, 1.165) is 13.1 Å². The summed E-state index contributed by atoms with van der Waals surface area (Å²) >= 11 is 5.79. The Hall–Kier alpha value is -0.0100. The first-order valence-corrected chi connectivity index (χ1v) is 4.04. The quantitative estimate of drug-likeness (QED) is 0.451. The molecule has 1 nitrogen and oxygen atoms in total. The molecule has 0 amide bonds. The smallest absolute Gasteiger partial charge is 0.0435 e. The molecular weight excluding hydrogens is 146 g/mol. The highest BCUT2D eigenvalue weighted by Gasteiger charge is 1.99. The highest BCUT2D eigenvalue weighted by atomic mass is 35.5. The Balaban J connectivity index is 3.33. The van der Waals surface area contributed by atoms with Crippen LogP contribution in [-0.4, -0.2) is 30.4 Å². The number of rotatable bonds is 4. The van der Waals surface area contributed by atoms with Crippen molar-refractivity contribution in [3.8, 4) is 0 Å². The molecule has 0 heterocycles. The van der Waals surface area contributed by atoms with E-state index >= 15 is 0 Å². The number of alkyl halides is 1. The summed E-state index contributed by atoms with van der Waals surface area (Å²) in [7, 11) is 2.07. The van der Waals surface area contributed by atoms with E-state index in [1.807, 2.05) is 13.8 Å². The molecule has 0 spiro atoms. The Bertz CT molecular complexity index is 99.4. The summed E-state index contributed by atoms with van der Waals surface area (Å²) in [4.78, 5) is 2.19. The summed E-state index contributed by atoms with van der Waals surface area (Å²) in [6.45, 7) is 5.98. The number of hydrogen-bond donors (Lipinski definition) is 0. The SMILES string of the molecule is C/C=C/CN(C)CC(C)Cl. The summed E-state index contributed by atoms with van der Waals surface area (Å²) in [6.07, 6.45) is 4.18. The van der Waals surface area contributed by atoms with E-state index in [2.05, 4.69) is 24.1 Å². The van der Waals surface area contributed by atoms with E-state index in [0.29, 0.717) is 0 Å². The normalized spacial score (nSPS) is 14.9. The van der Waals surface area contributed by atoms with Crippen molar-refractivity contribution in [3.63, 3.8) is 0 Å². The van der Waals surface area contributed by atoms with Crippen LogP contribution in [0.25, 0.3) is 0 Å². The molecule has 0 aromatic heterocycles. The van der Waals surface area contributed by atoms with Crippen LogP contribution in [-0.2, 0) is 0 Å². The van der Waals surface area contributed by atoms with E-state index in [1.165, 1.54) is 0 Å². The Morgan fingerprint density at radius 2 is 2.20 bits per heavy atom. The summed E-state index contributed by atoms with van der Waals surface area (Å²) in [6, 6.07) is 0. The van der Waals surface area contributed by atoms with Gasteiger partial charge in [0.1, 0.15) is 0 Å². The third-order valence-electron chi connectivity index (χ3n) is 1.22. The van der Waals surface area contributed by atoms with Crippen LogP contribution >= 0.6 is 11.6 Å². The molecule has 1 unspecified atom stereocenters. The van der Waals surface area contributed by atoms with Crippen LogP contribution in [0.2, 0.25) is 0 Å². The van der Waals surface area contributed by atoms with Crippen LogP contribution in [0.5, 0.6) is 0 Å². The second-order valence-corrected chi connectivity index (χ2v) is 3.32. The minimum atomic E-state index is 0.246. The van der Waals surface area contributed by atoms with Crippen LogP contribution in [0.3, 0.4) is 0 Å². The van der Waals surface area contributed by atoms with Crippen LogP contribution in [0, 0.1) is 0 Å². The molecule has 0 rings (SSSR count). The fourth-order valence-corrected chi connectivity index (χ4v) is 1.02. The Morgan fingerprint density at radius 1 is 1.60 bits per heavy atom. The zero-order valence-corrected chi connectivity index (χ0v) is 7.73. The van der Waals surface area contributed by atoms with E-state index in [-0.39, 0.29) is 5.38 Å². The Morgan fingerprint density at radius 3 is 2.60 bits per heavy atom. The third-order valence-corrected chi connectivity index (χ3v) is 1.35. The number of halogens is 1. The van der Waals surface area contributed by atoms with Gasteiger partial charge in [-0.2, -0.15) is 0 Å². The van der Waals surface area contributed by atoms with Gasteiger partial charge in [0.2, 0.25) is 0 Å². The van der Waals surface area contributed by atoms with Gasteiger partial charge >= 0.3 is 0 Å². The molecule has 0 fully saturated rings. The fraction of sp³-hybridized carbons (Fsp3) is 0.750. The molecule has 0 aromatic carbocycles. The van der Waals surface area contributed by atoms with E-state index < -0.39 is 0 Å². The molecule has 10 heavy (non-hydrogen) atoms. The summed E-state index contributed by atoms with van der Waals surface area (Å²) in [5.41, 5.74) is 0. The highest BCUT2D eigenvalue weighted by Crippen LogP contribution is 1.95. The number of hydrogen-bond acceptors (Lipinski definition) is 1. The van der Waals surface area contributed by atoms with Gasteiger partial charge in [-0.25, -0.2) is 0 Å². The van der Waals surface area contributed by atoms with Gasteiger partial charge in [0, 0.05) is 18.5 Å². The molecule has 60 valence electrons. The van der Waals surface area contributed by atoms with Gasteiger partial charge in [-0.05, 0) is 20.9 Å². The maximum Gasteiger partial charge on any atom is 0.0435 e. The molecule has 1 atom stereocenters. The molecule has 2 heteroatoms. The minimum absolute atomic E-state index is 0.246. The summed E-state index contributed by atoms with van der Waals surface area (Å²) < 4.78 is 0. The first-order chi connectivity index (χ1) is 4.66. The molecule has 0 saturated carbocycles. The second kappa shape index (κ2) is 5.75. The average Bonchev–Trinajstić information content (AvgIpc) is 1.82. The molecule has 0 aromatic rings. The van der Waals surface area contributed by atoms with Crippen molar-refractivity contribution in [3.05, 3.63) is 12.2 Å². The maximum absolute atomic E-state index is 5.79. The Labute approximate surface area is 68.7 Å². The van der Waals surface area contributed by atoms with Crippen molar-refractivity contribution in [1.29, 1.82) is 0 Å². The zero-order valence-electron chi connectivity index (χ0n) is 6.97. The van der Waals surface area contributed by atoms with Gasteiger partial charge in [0.25, 0.3) is 0 Å². The van der Waals surface area contributed by atoms with Gasteiger partial charge in [0.15, 0.2) is 0 Å². The van der Waals surface area contributed by atoms with Gasteiger partial charge in [-0.15, -0.1) is 11.6 Å². The summed E-state index contributed by atoms with van der Waals surface area (Å²) in [5.74, 6) is 0. The van der Waals surface area contributed by atoms with Crippen molar-refractivity contribution < 1.29 is 0 Å². The predicted octanol–water partition coefficient (Wildman–Crippen LogP) is 2.12. The molecule has 0 aliphatic carbocycles. The average molecular weight is 162 g/mol. The number of allylic oxidation sites excluding steroid dienone is 1. The molecular formula is C8H16ClN. The highest BCUT2D eigenvalue weighted by molar-refractivity contribution is 6.20. The van der Waals surface area contributed by atoms with Gasteiger partial charge in [0.05, 0.1) is 0 Å². The predicted molar refractivity (Wildman–Crippen MR) is 47.6 cm³/mol. The molecule has 0 radical (unpaired) electrons. The van der Waals surface area contributed by atoms with E-state index in [9.17, 15) is 0 Å². The molecule has 0 aliphatic rings. The van der Waals surface area contributed by atoms with Crippen LogP contribution < -0.4 is 0 Å². The topological polar surface area (TPSA) is 3.24 Å². The first-order valence-electron chi connectivity index (χ1n) is 3.60. The van der Waals surface area contributed by atoms with Crippen molar-refractivity contribution in [2.75, 3.05) is 20.1 Å². The van der Waals surface area contributed by atoms with Gasteiger partial charge in [-0.1, -0.05) is 12.2 Å². The van der Waals surface area contributed by atoms with Gasteiger partial charge < -0.3 is 4.90 Å². The number of likely N-dealkylation sites (N-methyl/N-ethyl adjacent to an activating group) is 1. The monoisotopic (exact) mass is 161 g/mol. The largest absolute Gasteiger partial charge is 0.301 e. The molecule has 0 saturated heterocycles. The van der Waals surface area contributed by atoms with Crippen molar-refractivity contribution in [1.82, 2.24) is 4.90 Å². The van der Waals surface area contributed by atoms with Crippen molar-refractivity contribution in [2.24, 2.45) is 0 Å². The summed E-state index contributed by atoms with van der Waals surface area (Å²) in [5, 5.41) is 0.246.